The minimum Gasteiger partial charge on any atom is -0.494 e. The lowest BCUT2D eigenvalue weighted by molar-refractivity contribution is -0.137. The Morgan fingerprint density at radius 3 is 2.49 bits per heavy atom. The number of anilines is 2. The first-order valence-corrected chi connectivity index (χ1v) is 10.2. The van der Waals surface area contributed by atoms with Crippen LogP contribution in [0.2, 0.25) is 5.02 Å². The van der Waals surface area contributed by atoms with Gasteiger partial charge in [0.25, 0.3) is 11.8 Å². The van der Waals surface area contributed by atoms with Crippen molar-refractivity contribution >= 4 is 34.8 Å². The fourth-order valence-electron chi connectivity index (χ4n) is 3.87. The number of ether oxygens (including phenoxy) is 1. The summed E-state index contributed by atoms with van der Waals surface area (Å²) in [6.07, 6.45) is -4.89. The van der Waals surface area contributed by atoms with Crippen molar-refractivity contribution in [3.63, 3.8) is 0 Å². The van der Waals surface area contributed by atoms with Crippen molar-refractivity contribution in [2.24, 2.45) is 0 Å². The molecule has 12 heteroatoms. The molecule has 2 amide bonds. The lowest BCUT2D eigenvalue weighted by atomic mass is 9.94. The number of alkyl halides is 3. The van der Waals surface area contributed by atoms with Crippen molar-refractivity contribution in [3.05, 3.63) is 86.9 Å². The van der Waals surface area contributed by atoms with E-state index in [9.17, 15) is 31.5 Å². The highest BCUT2D eigenvalue weighted by Gasteiger charge is 2.38. The van der Waals surface area contributed by atoms with E-state index in [0.29, 0.717) is 12.1 Å². The fraction of sp³-hybridized carbons (Fsp3) is 0.130. The fourth-order valence-corrected chi connectivity index (χ4v) is 4.10. The molecule has 4 rings (SSSR count). The first kappa shape index (κ1) is 24.3. The average molecular weight is 512 g/mol. The molecule has 0 spiro atoms. The number of rotatable bonds is 4. The van der Waals surface area contributed by atoms with Gasteiger partial charge < -0.3 is 21.1 Å². The van der Waals surface area contributed by atoms with E-state index >= 15 is 0 Å². The second-order valence-electron chi connectivity index (χ2n) is 7.59. The molecule has 1 aliphatic rings. The molecule has 3 aromatic carbocycles. The predicted molar refractivity (Wildman–Crippen MR) is 117 cm³/mol. The SMILES string of the molecule is COc1c(N)cc(NC(=O)c2cc(F)cc(C(F)(F)F)c2)c2c1C(=O)NC2c1cc(F)ccc1Cl. The molecular weight excluding hydrogens is 497 g/mol. The van der Waals surface area contributed by atoms with Crippen molar-refractivity contribution in [1.29, 1.82) is 0 Å². The molecule has 0 aliphatic carbocycles. The maximum Gasteiger partial charge on any atom is 0.416 e. The van der Waals surface area contributed by atoms with Crippen LogP contribution in [0.3, 0.4) is 0 Å². The summed E-state index contributed by atoms with van der Waals surface area (Å²) in [6, 6.07) is 4.98. The number of amides is 2. The van der Waals surface area contributed by atoms with Crippen molar-refractivity contribution in [2.75, 3.05) is 18.2 Å². The lowest BCUT2D eigenvalue weighted by Crippen LogP contribution is -2.21. The molecule has 0 bridgehead atoms. The van der Waals surface area contributed by atoms with Crippen LogP contribution < -0.4 is 21.1 Å². The van der Waals surface area contributed by atoms with Crippen molar-refractivity contribution in [1.82, 2.24) is 5.32 Å². The number of hydrogen-bond acceptors (Lipinski definition) is 4. The molecule has 0 radical (unpaired) electrons. The van der Waals surface area contributed by atoms with E-state index in [4.69, 9.17) is 22.1 Å². The molecule has 1 heterocycles. The summed E-state index contributed by atoms with van der Waals surface area (Å²) in [7, 11) is 1.26. The van der Waals surface area contributed by atoms with E-state index in [1.54, 1.807) is 0 Å². The summed E-state index contributed by atoms with van der Waals surface area (Å²) < 4.78 is 72.3. The van der Waals surface area contributed by atoms with Crippen LogP contribution in [0.15, 0.2) is 42.5 Å². The standard InChI is InChI=1S/C23H15ClF5N3O3/c1-35-20-15(30)8-16(31-21(33)9-4-10(23(27,28)29)6-12(26)5-9)17-18(20)22(34)32-19(17)13-7-11(25)2-3-14(13)24/h2-8,19H,30H2,1H3,(H,31,33)(H,32,34). The van der Waals surface area contributed by atoms with Crippen LogP contribution in [0.25, 0.3) is 0 Å². The molecule has 182 valence electrons. The zero-order valence-corrected chi connectivity index (χ0v) is 18.4. The first-order chi connectivity index (χ1) is 16.4. The summed E-state index contributed by atoms with van der Waals surface area (Å²) in [5.41, 5.74) is 3.98. The molecule has 0 aromatic heterocycles. The number of benzene rings is 3. The van der Waals surface area contributed by atoms with Gasteiger partial charge in [-0.25, -0.2) is 8.78 Å². The van der Waals surface area contributed by atoms with Crippen LogP contribution in [-0.4, -0.2) is 18.9 Å². The van der Waals surface area contributed by atoms with E-state index in [2.05, 4.69) is 10.6 Å². The summed E-state index contributed by atoms with van der Waals surface area (Å²) in [5.74, 6) is -3.74. The van der Waals surface area contributed by atoms with Crippen LogP contribution in [0, 0.1) is 11.6 Å². The molecule has 3 aromatic rings. The Bertz CT molecular complexity index is 1380. The Balaban J connectivity index is 1.85. The Kier molecular flexibility index (Phi) is 6.05. The highest BCUT2D eigenvalue weighted by molar-refractivity contribution is 6.31. The van der Waals surface area contributed by atoms with E-state index < -0.39 is 46.8 Å². The van der Waals surface area contributed by atoms with Crippen molar-refractivity contribution in [2.45, 2.75) is 12.2 Å². The number of carbonyl (C=O) groups excluding carboxylic acids is 2. The van der Waals surface area contributed by atoms with Gasteiger partial charge in [-0.05, 0) is 42.5 Å². The summed E-state index contributed by atoms with van der Waals surface area (Å²) in [6.45, 7) is 0. The van der Waals surface area contributed by atoms with Gasteiger partial charge in [0.05, 0.1) is 30.0 Å². The smallest absolute Gasteiger partial charge is 0.416 e. The second-order valence-corrected chi connectivity index (χ2v) is 8.00. The number of hydrogen-bond donors (Lipinski definition) is 3. The van der Waals surface area contributed by atoms with Crippen LogP contribution in [0.5, 0.6) is 5.75 Å². The van der Waals surface area contributed by atoms with E-state index in [1.807, 2.05) is 0 Å². The highest BCUT2D eigenvalue weighted by atomic mass is 35.5. The average Bonchev–Trinajstić information content (AvgIpc) is 3.11. The number of halogens is 6. The summed E-state index contributed by atoms with van der Waals surface area (Å²) >= 11 is 6.22. The maximum atomic E-state index is 14.0. The van der Waals surface area contributed by atoms with Gasteiger partial charge in [0.2, 0.25) is 0 Å². The Morgan fingerprint density at radius 2 is 1.83 bits per heavy atom. The number of fused-ring (bicyclic) bond motifs is 1. The zero-order chi connectivity index (χ0) is 25.7. The molecule has 6 nitrogen and oxygen atoms in total. The van der Waals surface area contributed by atoms with Crippen LogP contribution >= 0.6 is 11.6 Å². The number of nitrogen functional groups attached to an aromatic ring is 1. The molecule has 0 saturated carbocycles. The van der Waals surface area contributed by atoms with Gasteiger partial charge in [0.1, 0.15) is 11.6 Å². The zero-order valence-electron chi connectivity index (χ0n) is 17.7. The molecule has 35 heavy (non-hydrogen) atoms. The van der Waals surface area contributed by atoms with Gasteiger partial charge in [-0.15, -0.1) is 0 Å². The van der Waals surface area contributed by atoms with E-state index in [-0.39, 0.29) is 44.9 Å². The molecule has 4 N–H and O–H groups in total. The first-order valence-electron chi connectivity index (χ1n) is 9.86. The molecule has 1 atom stereocenters. The Hall–Kier alpha value is -3.86. The molecule has 1 aliphatic heterocycles. The van der Waals surface area contributed by atoms with Gasteiger partial charge in [-0.3, -0.25) is 9.59 Å². The van der Waals surface area contributed by atoms with Crippen LogP contribution in [-0.2, 0) is 6.18 Å². The number of methoxy groups -OCH3 is 1. The van der Waals surface area contributed by atoms with Crippen LogP contribution in [0.4, 0.5) is 33.3 Å². The highest BCUT2D eigenvalue weighted by Crippen LogP contribution is 2.45. The Labute approximate surface area is 199 Å². The van der Waals surface area contributed by atoms with Gasteiger partial charge in [0.15, 0.2) is 5.75 Å². The summed E-state index contributed by atoms with van der Waals surface area (Å²) in [5, 5.41) is 5.08. The van der Waals surface area contributed by atoms with Gasteiger partial charge >= 0.3 is 6.18 Å². The minimum atomic E-state index is -4.89. The van der Waals surface area contributed by atoms with Gasteiger partial charge in [-0.1, -0.05) is 11.6 Å². The molecular formula is C23H15ClF5N3O3. The topological polar surface area (TPSA) is 93.4 Å². The minimum absolute atomic E-state index is 0.0318. The third-order valence-electron chi connectivity index (χ3n) is 5.35. The largest absolute Gasteiger partial charge is 0.494 e. The van der Waals surface area contributed by atoms with Crippen molar-refractivity contribution in [3.8, 4) is 5.75 Å². The normalized spacial score (nSPS) is 14.9. The summed E-state index contributed by atoms with van der Waals surface area (Å²) in [4.78, 5) is 25.7. The number of nitrogens with two attached hydrogens (primary N) is 1. The van der Waals surface area contributed by atoms with Crippen molar-refractivity contribution < 1.29 is 36.3 Å². The van der Waals surface area contributed by atoms with E-state index in [0.717, 1.165) is 12.1 Å². The number of carbonyl (C=O) groups is 2. The number of nitrogens with one attached hydrogen (secondary N) is 2. The molecule has 0 saturated heterocycles. The molecule has 1 unspecified atom stereocenters. The third kappa shape index (κ3) is 4.46. The maximum absolute atomic E-state index is 14.0. The quantitative estimate of drug-likeness (QED) is 0.327. The lowest BCUT2D eigenvalue weighted by Gasteiger charge is -2.20. The molecule has 0 fully saturated rings. The Morgan fingerprint density at radius 1 is 1.11 bits per heavy atom. The monoisotopic (exact) mass is 511 g/mol. The van der Waals surface area contributed by atoms with E-state index in [1.165, 1.54) is 19.2 Å². The van der Waals surface area contributed by atoms with Gasteiger partial charge in [-0.2, -0.15) is 13.2 Å². The van der Waals surface area contributed by atoms with Crippen LogP contribution in [0.1, 0.15) is 43.4 Å². The third-order valence-corrected chi connectivity index (χ3v) is 5.69. The van der Waals surface area contributed by atoms with Gasteiger partial charge in [0, 0.05) is 27.4 Å². The predicted octanol–water partition coefficient (Wildman–Crippen LogP) is 5.31. The second kappa shape index (κ2) is 8.73.